The van der Waals surface area contributed by atoms with Gasteiger partial charge >= 0.3 is 226 Å². The summed E-state index contributed by atoms with van der Waals surface area (Å²) >= 11 is 0. The van der Waals surface area contributed by atoms with Gasteiger partial charge in [0.1, 0.15) is 0 Å². The fraction of sp³-hybridized carbons (Fsp3) is 1.00. The number of hydrogen-bond acceptors (Lipinski definition) is 36. The first kappa shape index (κ1) is 45.2. The van der Waals surface area contributed by atoms with Crippen LogP contribution in [0.5, 0.6) is 0 Å². The van der Waals surface area contributed by atoms with Gasteiger partial charge < -0.3 is 148 Å². The monoisotopic (exact) mass is 1320 g/mol. The van der Waals surface area contributed by atoms with Crippen LogP contribution in [0.2, 0.25) is 18.1 Å². The first-order valence-corrected chi connectivity index (χ1v) is 54.5. The van der Waals surface area contributed by atoms with Gasteiger partial charge in [0, 0.05) is 18.1 Å². The van der Waals surface area contributed by atoms with E-state index in [9.17, 15) is 0 Å². The van der Waals surface area contributed by atoms with E-state index in [0.717, 1.165) is 0 Å². The van der Waals surface area contributed by atoms with Gasteiger partial charge in [0.25, 0.3) is 0 Å². The number of hydrogen-bond donors (Lipinski definition) is 0. The van der Waals surface area contributed by atoms with Crippen molar-refractivity contribution in [2.75, 3.05) is 0 Å². The Morgan fingerprint density at radius 2 is 0.281 bits per heavy atom. The third-order valence-electron chi connectivity index (χ3n) is 10.1. The summed E-state index contributed by atoms with van der Waals surface area (Å²) in [7, 11) is -78.5. The van der Waals surface area contributed by atoms with Crippen molar-refractivity contribution in [2.24, 2.45) is 5.92 Å². The molecule has 0 atom stereocenters. The highest BCUT2D eigenvalue weighted by Gasteiger charge is 2.68. The second-order valence-electron chi connectivity index (χ2n) is 14.3. The van der Waals surface area contributed by atoms with Crippen LogP contribution in [-0.2, 0) is 148 Å². The van der Waals surface area contributed by atoms with Crippen molar-refractivity contribution < 1.29 is 148 Å². The van der Waals surface area contributed by atoms with E-state index in [4.69, 9.17) is 148 Å². The van der Waals surface area contributed by atoms with E-state index >= 15 is 0 Å². The van der Waals surface area contributed by atoms with Gasteiger partial charge in [-0.05, 0) is 5.92 Å². The van der Waals surface area contributed by atoms with E-state index < -0.39 is 232 Å². The predicted octanol–water partition coefficient (Wildman–Crippen LogP) is -15.7. The molecule has 18 heterocycles. The summed E-state index contributed by atoms with van der Waals surface area (Å²) in [5, 5.41) is 0. The zero-order valence-electron chi connectivity index (χ0n) is 31.0. The van der Waals surface area contributed by atoms with E-state index in [1.54, 1.807) is 0 Å². The average molecular weight is 1330 g/mol. The molecule has 18 rings (SSSR count). The van der Waals surface area contributed by atoms with Crippen LogP contribution in [0.25, 0.3) is 0 Å². The van der Waals surface area contributed by atoms with Gasteiger partial charge in [-0.3, -0.25) is 0 Å². The largest absolute Gasteiger partial charge is 0.478 e. The van der Waals surface area contributed by atoms with Gasteiger partial charge in [0.05, 0.1) is 0 Å². The molecule has 0 aromatic rings. The Hall–Kier alpha value is 3.77. The molecule has 0 amide bonds. The Bertz CT molecular complexity index is 1350. The molecule has 18 fully saturated rings. The second kappa shape index (κ2) is 18.0. The van der Waals surface area contributed by atoms with Crippen LogP contribution in [-0.4, -0.2) is 226 Å². The molecule has 0 aromatic carbocycles. The molecule has 64 heavy (non-hydrogen) atoms. The van der Waals surface area contributed by atoms with Crippen molar-refractivity contribution in [3.8, 4) is 0 Å². The third kappa shape index (κ3) is 9.35. The fourth-order valence-corrected chi connectivity index (χ4v) is 102. The van der Waals surface area contributed by atoms with Crippen molar-refractivity contribution in [3.63, 3.8) is 0 Å². The van der Waals surface area contributed by atoms with E-state index in [0.29, 0.717) is 0 Å². The molecule has 0 saturated carbocycles. The summed E-state index contributed by atoms with van der Waals surface area (Å²) in [6.07, 6.45) is 0. The first-order chi connectivity index (χ1) is 31.2. The summed E-state index contributed by atoms with van der Waals surface area (Å²) in [5.74, 6) is -0.863. The molecule has 0 N–H and O–H groups in total. The highest BCUT2D eigenvalue weighted by Crippen LogP contribution is 2.44. The average Bonchev–Trinajstić information content (AvgIpc) is 3.06. The standard InChI is InChI=1S/C4H28O36Si24/c1(62-32-53-14-44-5-41-6-45(16-53)18-55(34-62)19-46(7-41)17-54(15-44)33-62)4(2-63-35-56-20-47-8-42-9-48(22-56)24-58(37-63)25-49(10-42)23-57(21-47)36-63)3-64-38-59-26-50-11-43-12-51(28-59)30-61(40-64)31-52(13-43)29-60(27-50)39-64/h4,41-61H,1-3H2. The zero-order chi connectivity index (χ0) is 41.8. The van der Waals surface area contributed by atoms with Crippen LogP contribution in [0.15, 0.2) is 0 Å². The van der Waals surface area contributed by atoms with Crippen LogP contribution in [0.3, 0.4) is 0 Å². The highest BCUT2D eigenvalue weighted by atomic mass is 28.6. The first-order valence-electron chi connectivity index (χ1n) is 19.0. The molecule has 356 valence electrons. The van der Waals surface area contributed by atoms with Gasteiger partial charge in [-0.1, -0.05) is 0 Å². The molecule has 0 aliphatic carbocycles. The summed E-state index contributed by atoms with van der Waals surface area (Å²) in [5.41, 5.74) is 0. The molecule has 0 aromatic heterocycles. The van der Waals surface area contributed by atoms with Crippen LogP contribution >= 0.6 is 0 Å². The van der Waals surface area contributed by atoms with E-state index in [-0.39, 0.29) is 18.1 Å². The Balaban J connectivity index is 0.833. The lowest BCUT2D eigenvalue weighted by molar-refractivity contribution is 0.0282. The topological polar surface area (TPSA) is 332 Å². The summed E-state index contributed by atoms with van der Waals surface area (Å²) in [4.78, 5) is 0. The lowest BCUT2D eigenvalue weighted by atomic mass is 10.3. The Morgan fingerprint density at radius 1 is 0.172 bits per heavy atom. The summed E-state index contributed by atoms with van der Waals surface area (Å²) < 4.78 is 230. The minimum absolute atomic E-state index is 0.134. The molecular weight excluding hydrogens is 1300 g/mol. The minimum Gasteiger partial charge on any atom is -0.378 e. The van der Waals surface area contributed by atoms with Gasteiger partial charge in [-0.15, -0.1) is 0 Å². The predicted molar refractivity (Wildman–Crippen MR) is 224 cm³/mol. The van der Waals surface area contributed by atoms with Crippen LogP contribution in [0.1, 0.15) is 0 Å². The molecule has 0 spiro atoms. The van der Waals surface area contributed by atoms with Crippen LogP contribution < -0.4 is 0 Å². The maximum absolute atomic E-state index is 6.84. The fourth-order valence-electron chi connectivity index (χ4n) is 7.67. The normalized spacial score (nSPS) is 59.3. The molecule has 0 radical (unpaired) electrons. The molecule has 18 saturated heterocycles. The number of rotatable bonds is 6. The Labute approximate surface area is 395 Å². The molecule has 0 unspecified atom stereocenters. The lowest BCUT2D eigenvalue weighted by Gasteiger charge is -2.51. The minimum atomic E-state index is -4.29. The van der Waals surface area contributed by atoms with Gasteiger partial charge in [0.15, 0.2) is 0 Å². The maximum Gasteiger partial charge on any atom is 0.478 e. The highest BCUT2D eigenvalue weighted by molar-refractivity contribution is 6.90. The Kier molecular flexibility index (Phi) is 12.7. The van der Waals surface area contributed by atoms with Crippen molar-refractivity contribution in [2.45, 2.75) is 18.1 Å². The van der Waals surface area contributed by atoms with Crippen molar-refractivity contribution in [1.29, 1.82) is 0 Å². The van der Waals surface area contributed by atoms with E-state index in [2.05, 4.69) is 0 Å². The van der Waals surface area contributed by atoms with Gasteiger partial charge in [0.2, 0.25) is 0 Å². The lowest BCUT2D eigenvalue weighted by Crippen LogP contribution is -2.74. The van der Waals surface area contributed by atoms with Crippen LogP contribution in [0.4, 0.5) is 0 Å². The molecule has 36 nitrogen and oxygen atoms in total. The maximum atomic E-state index is 6.84. The molecular formula is C4H28O36Si24. The summed E-state index contributed by atoms with van der Waals surface area (Å²) in [6.45, 7) is 0. The molecule has 60 heteroatoms. The Morgan fingerprint density at radius 3 is 0.406 bits per heavy atom. The SMILES string of the molecule is C(C(C[Si]12O[SiH]3O[SiH]4O[SiH]5O[SiH](O3)O[SiH](O[SiH](O5)O[SiH](O4)O1)O2)C[Si]12O[SiH]3O[SiH]4O[SiH]5O[SiH](O3)O[SiH](O[SiH](O5)O[SiH](O4)O1)O2)[Si]12O[SiH]3O[SiH]4O[SiH]5O[SiH](O3)O[SiH](O[SiH](O5)O[SiH](O4)O1)O2. The quantitative estimate of drug-likeness (QED) is 0.223. The van der Waals surface area contributed by atoms with Crippen molar-refractivity contribution >= 4 is 226 Å². The van der Waals surface area contributed by atoms with Gasteiger partial charge in [-0.2, -0.15) is 0 Å². The zero-order valence-corrected chi connectivity index (χ0v) is 58.3. The van der Waals surface area contributed by atoms with Gasteiger partial charge in [-0.25, -0.2) is 0 Å². The molecule has 18 aliphatic rings. The molecule has 18 aliphatic heterocycles. The second-order valence-corrected chi connectivity index (χ2v) is 69.7. The van der Waals surface area contributed by atoms with E-state index in [1.165, 1.54) is 0 Å². The molecule has 24 bridgehead atoms. The van der Waals surface area contributed by atoms with E-state index in [1.807, 2.05) is 0 Å². The third-order valence-corrected chi connectivity index (χ3v) is 81.2. The van der Waals surface area contributed by atoms with Crippen LogP contribution in [0, 0.1) is 5.92 Å². The smallest absolute Gasteiger partial charge is 0.378 e. The van der Waals surface area contributed by atoms with Crippen molar-refractivity contribution in [1.82, 2.24) is 0 Å². The summed E-state index contributed by atoms with van der Waals surface area (Å²) in [6, 6.07) is -0.402. The van der Waals surface area contributed by atoms with Crippen molar-refractivity contribution in [3.05, 3.63) is 0 Å².